The molecule has 0 fully saturated rings. The van der Waals surface area contributed by atoms with E-state index < -0.39 is 0 Å². The minimum absolute atomic E-state index is 0.108. The number of hydrogen-bond donors (Lipinski definition) is 2. The van der Waals surface area contributed by atoms with Gasteiger partial charge in [-0.2, -0.15) is 10.2 Å². The molecule has 5 heteroatoms. The van der Waals surface area contributed by atoms with E-state index in [9.17, 15) is 0 Å². The summed E-state index contributed by atoms with van der Waals surface area (Å²) in [6, 6.07) is 37.4. The molecule has 172 valence electrons. The molecular formula is C31H23N5. The van der Waals surface area contributed by atoms with Gasteiger partial charge in [0.05, 0.1) is 12.4 Å². The summed E-state index contributed by atoms with van der Waals surface area (Å²) in [5.74, 6) is 0.108. The van der Waals surface area contributed by atoms with Gasteiger partial charge in [0.25, 0.3) is 0 Å². The lowest BCUT2D eigenvalue weighted by Crippen LogP contribution is -2.26. The predicted molar refractivity (Wildman–Crippen MR) is 153 cm³/mol. The van der Waals surface area contributed by atoms with Crippen molar-refractivity contribution in [2.45, 2.75) is 0 Å². The maximum atomic E-state index is 6.06. The van der Waals surface area contributed by atoms with Crippen LogP contribution in [0.1, 0.15) is 11.1 Å². The van der Waals surface area contributed by atoms with E-state index in [2.05, 4.69) is 81.4 Å². The topological polar surface area (TPSA) is 75.1 Å². The molecule has 0 radical (unpaired) electrons. The van der Waals surface area contributed by atoms with E-state index in [1.807, 2.05) is 48.5 Å². The molecule has 36 heavy (non-hydrogen) atoms. The number of nitrogens with two attached hydrogens (primary N) is 1. The molecule has 0 spiro atoms. The number of hydrazone groups is 1. The number of guanidine groups is 1. The largest absolute Gasteiger partial charge is 0.367 e. The van der Waals surface area contributed by atoms with E-state index in [0.717, 1.165) is 54.2 Å². The Bertz CT molecular complexity index is 1720. The van der Waals surface area contributed by atoms with E-state index in [4.69, 9.17) is 5.73 Å². The SMILES string of the molecule is N/C(=N\N=C\c1c2ccccc2cc2ccccc12)N/N=C/c1c2ccccc2cc2ccccc12. The molecule has 0 unspecified atom stereocenters. The highest BCUT2D eigenvalue weighted by Gasteiger charge is 2.06. The van der Waals surface area contributed by atoms with Crippen LogP contribution in [0.5, 0.6) is 0 Å². The van der Waals surface area contributed by atoms with Gasteiger partial charge in [0.1, 0.15) is 0 Å². The molecule has 6 aromatic carbocycles. The minimum atomic E-state index is 0.108. The zero-order valence-electron chi connectivity index (χ0n) is 19.5. The first-order valence-electron chi connectivity index (χ1n) is 11.7. The number of fused-ring (bicyclic) bond motifs is 4. The highest BCUT2D eigenvalue weighted by atomic mass is 15.4. The molecule has 0 aliphatic heterocycles. The summed E-state index contributed by atoms with van der Waals surface area (Å²) in [7, 11) is 0. The molecular weight excluding hydrogens is 442 g/mol. The summed E-state index contributed by atoms with van der Waals surface area (Å²) in [6.45, 7) is 0. The standard InChI is InChI=1S/C31H23N5/c32-31(35-33-19-29-25-13-5-1-9-21(25)17-22-10-2-6-14-26(22)29)36-34-20-30-27-15-7-3-11-23(27)18-24-12-4-8-16-28(24)30/h1-20H,(H3,32,35,36)/b33-19+,34-20+. The minimum Gasteiger partial charge on any atom is -0.367 e. The van der Waals surface area contributed by atoms with Crippen LogP contribution in [0.15, 0.2) is 124 Å². The van der Waals surface area contributed by atoms with Crippen LogP contribution < -0.4 is 11.2 Å². The zero-order valence-corrected chi connectivity index (χ0v) is 19.5. The molecule has 0 aliphatic carbocycles. The molecule has 0 amide bonds. The highest BCUT2D eigenvalue weighted by Crippen LogP contribution is 2.28. The van der Waals surface area contributed by atoms with Crippen molar-refractivity contribution in [1.29, 1.82) is 0 Å². The zero-order chi connectivity index (χ0) is 24.3. The fraction of sp³-hybridized carbons (Fsp3) is 0. The maximum Gasteiger partial charge on any atom is 0.234 e. The third-order valence-corrected chi connectivity index (χ3v) is 6.35. The molecule has 0 atom stereocenters. The van der Waals surface area contributed by atoms with Crippen LogP contribution in [0, 0.1) is 0 Å². The van der Waals surface area contributed by atoms with Gasteiger partial charge in [0.15, 0.2) is 0 Å². The second-order valence-corrected chi connectivity index (χ2v) is 8.56. The van der Waals surface area contributed by atoms with Crippen LogP contribution in [0.3, 0.4) is 0 Å². The fourth-order valence-corrected chi connectivity index (χ4v) is 4.71. The number of hydrogen-bond acceptors (Lipinski definition) is 3. The van der Waals surface area contributed by atoms with Gasteiger partial charge in [-0.15, -0.1) is 5.10 Å². The second-order valence-electron chi connectivity index (χ2n) is 8.56. The van der Waals surface area contributed by atoms with Gasteiger partial charge in [-0.3, -0.25) is 0 Å². The Labute approximate surface area is 208 Å². The van der Waals surface area contributed by atoms with Gasteiger partial charge in [0.2, 0.25) is 5.96 Å². The van der Waals surface area contributed by atoms with Crippen molar-refractivity contribution < 1.29 is 0 Å². The van der Waals surface area contributed by atoms with E-state index in [1.54, 1.807) is 12.4 Å². The third kappa shape index (κ3) is 4.03. The van der Waals surface area contributed by atoms with E-state index in [0.29, 0.717) is 0 Å². The van der Waals surface area contributed by atoms with Gasteiger partial charge in [0, 0.05) is 11.1 Å². The lowest BCUT2D eigenvalue weighted by molar-refractivity contribution is 0.995. The van der Waals surface area contributed by atoms with Gasteiger partial charge in [-0.05, 0) is 55.2 Å². The third-order valence-electron chi connectivity index (χ3n) is 6.35. The van der Waals surface area contributed by atoms with Crippen LogP contribution in [0.4, 0.5) is 0 Å². The Balaban J connectivity index is 1.30. The molecule has 6 aromatic rings. The lowest BCUT2D eigenvalue weighted by atomic mass is 9.97. The molecule has 3 N–H and O–H groups in total. The average Bonchev–Trinajstić information content (AvgIpc) is 2.92. The Morgan fingerprint density at radius 2 is 0.944 bits per heavy atom. The van der Waals surface area contributed by atoms with Gasteiger partial charge in [-0.1, -0.05) is 97.1 Å². The Morgan fingerprint density at radius 1 is 0.556 bits per heavy atom. The molecule has 0 aliphatic rings. The van der Waals surface area contributed by atoms with Crippen LogP contribution in [0.2, 0.25) is 0 Å². The van der Waals surface area contributed by atoms with Crippen molar-refractivity contribution in [3.8, 4) is 0 Å². The number of nitrogens with one attached hydrogen (secondary N) is 1. The summed E-state index contributed by atoms with van der Waals surface area (Å²) < 4.78 is 0. The first kappa shape index (κ1) is 21.5. The summed E-state index contributed by atoms with van der Waals surface area (Å²) in [6.07, 6.45) is 3.54. The molecule has 5 nitrogen and oxygen atoms in total. The molecule has 0 heterocycles. The maximum absolute atomic E-state index is 6.06. The smallest absolute Gasteiger partial charge is 0.234 e. The van der Waals surface area contributed by atoms with Crippen LogP contribution in [-0.4, -0.2) is 18.4 Å². The first-order chi connectivity index (χ1) is 17.8. The van der Waals surface area contributed by atoms with E-state index >= 15 is 0 Å². The quantitative estimate of drug-likeness (QED) is 0.134. The summed E-state index contributed by atoms with van der Waals surface area (Å²) in [5.41, 5.74) is 10.9. The molecule has 0 saturated heterocycles. The second kappa shape index (κ2) is 9.31. The van der Waals surface area contributed by atoms with Crippen molar-refractivity contribution in [3.05, 3.63) is 120 Å². The molecule has 0 bridgehead atoms. The van der Waals surface area contributed by atoms with Gasteiger partial charge >= 0.3 is 0 Å². The first-order valence-corrected chi connectivity index (χ1v) is 11.7. The Morgan fingerprint density at radius 3 is 1.39 bits per heavy atom. The number of nitrogens with zero attached hydrogens (tertiary/aromatic N) is 3. The molecule has 0 saturated carbocycles. The van der Waals surface area contributed by atoms with Crippen molar-refractivity contribution in [1.82, 2.24) is 5.43 Å². The van der Waals surface area contributed by atoms with Crippen molar-refractivity contribution >= 4 is 61.5 Å². The fourth-order valence-electron chi connectivity index (χ4n) is 4.71. The summed E-state index contributed by atoms with van der Waals surface area (Å²) in [4.78, 5) is 0. The monoisotopic (exact) mass is 465 g/mol. The van der Waals surface area contributed by atoms with Gasteiger partial charge < -0.3 is 5.73 Å². The van der Waals surface area contributed by atoms with E-state index in [-0.39, 0.29) is 5.96 Å². The van der Waals surface area contributed by atoms with Crippen LogP contribution in [-0.2, 0) is 0 Å². The lowest BCUT2D eigenvalue weighted by Gasteiger charge is -2.08. The summed E-state index contributed by atoms with van der Waals surface area (Å²) in [5, 5.41) is 21.9. The average molecular weight is 466 g/mol. The van der Waals surface area contributed by atoms with Crippen LogP contribution in [0.25, 0.3) is 43.1 Å². The van der Waals surface area contributed by atoms with Crippen molar-refractivity contribution in [3.63, 3.8) is 0 Å². The molecule has 0 aromatic heterocycles. The normalized spacial score (nSPS) is 12.5. The Kier molecular flexibility index (Phi) is 5.56. The van der Waals surface area contributed by atoms with Crippen molar-refractivity contribution in [2.24, 2.45) is 21.0 Å². The predicted octanol–water partition coefficient (Wildman–Crippen LogP) is 6.57. The van der Waals surface area contributed by atoms with Gasteiger partial charge in [-0.25, -0.2) is 5.43 Å². The van der Waals surface area contributed by atoms with Crippen molar-refractivity contribution in [2.75, 3.05) is 0 Å². The van der Waals surface area contributed by atoms with Crippen LogP contribution >= 0.6 is 0 Å². The number of benzene rings is 6. The Hall–Kier alpha value is -5.03. The summed E-state index contributed by atoms with van der Waals surface area (Å²) >= 11 is 0. The molecule has 6 rings (SSSR count). The number of rotatable bonds is 4. The highest BCUT2D eigenvalue weighted by molar-refractivity contribution is 6.14. The van der Waals surface area contributed by atoms with E-state index in [1.165, 1.54) is 0 Å².